The van der Waals surface area contributed by atoms with Crippen molar-refractivity contribution < 1.29 is 0 Å². The summed E-state index contributed by atoms with van der Waals surface area (Å²) in [4.78, 5) is 1.46. The summed E-state index contributed by atoms with van der Waals surface area (Å²) >= 11 is 1.85. The van der Waals surface area contributed by atoms with Crippen molar-refractivity contribution in [3.8, 4) is 0 Å². The molecule has 0 bridgehead atoms. The van der Waals surface area contributed by atoms with Crippen LogP contribution in [0.25, 0.3) is 0 Å². The van der Waals surface area contributed by atoms with E-state index in [1.165, 1.54) is 29.7 Å². The van der Waals surface area contributed by atoms with Crippen LogP contribution in [0.2, 0.25) is 0 Å². The predicted molar refractivity (Wildman–Crippen MR) is 79.9 cm³/mol. The van der Waals surface area contributed by atoms with Crippen LogP contribution in [0.5, 0.6) is 0 Å². The standard InChI is InChI=1S/C16H21NS/c1-2-3-10-15(16-11-7-12-18-16)17-13-14-8-5-4-6-9-14/h4-9,11-12,15,17H,2-3,10,13H2,1H3. The first-order valence-electron chi connectivity index (χ1n) is 6.71. The molecule has 0 aliphatic carbocycles. The molecule has 2 heteroatoms. The second-order valence-corrected chi connectivity index (χ2v) is 5.56. The van der Waals surface area contributed by atoms with Gasteiger partial charge in [0.05, 0.1) is 0 Å². The Labute approximate surface area is 114 Å². The van der Waals surface area contributed by atoms with E-state index >= 15 is 0 Å². The molecule has 1 aromatic carbocycles. The molecular weight excluding hydrogens is 238 g/mol. The van der Waals surface area contributed by atoms with E-state index in [-0.39, 0.29) is 0 Å². The van der Waals surface area contributed by atoms with Gasteiger partial charge in [-0.2, -0.15) is 0 Å². The van der Waals surface area contributed by atoms with Crippen molar-refractivity contribution in [2.75, 3.05) is 0 Å². The van der Waals surface area contributed by atoms with Crippen LogP contribution >= 0.6 is 11.3 Å². The van der Waals surface area contributed by atoms with Crippen molar-refractivity contribution in [2.45, 2.75) is 38.8 Å². The van der Waals surface area contributed by atoms with E-state index < -0.39 is 0 Å². The number of thiophene rings is 1. The first-order chi connectivity index (χ1) is 8.90. The fourth-order valence-corrected chi connectivity index (χ4v) is 2.92. The highest BCUT2D eigenvalue weighted by Crippen LogP contribution is 2.24. The lowest BCUT2D eigenvalue weighted by atomic mass is 10.1. The van der Waals surface area contributed by atoms with E-state index in [4.69, 9.17) is 0 Å². The van der Waals surface area contributed by atoms with Crippen LogP contribution in [-0.4, -0.2) is 0 Å². The lowest BCUT2D eigenvalue weighted by Gasteiger charge is -2.17. The van der Waals surface area contributed by atoms with Crippen LogP contribution in [0.1, 0.15) is 42.7 Å². The molecule has 2 aromatic rings. The van der Waals surface area contributed by atoms with Crippen LogP contribution in [0, 0.1) is 0 Å². The summed E-state index contributed by atoms with van der Waals surface area (Å²) in [6.07, 6.45) is 3.77. The zero-order valence-corrected chi connectivity index (χ0v) is 11.7. The number of unbranched alkanes of at least 4 members (excludes halogenated alkanes) is 1. The van der Waals surface area contributed by atoms with E-state index in [1.54, 1.807) is 0 Å². The smallest absolute Gasteiger partial charge is 0.0417 e. The molecule has 1 heterocycles. The first-order valence-corrected chi connectivity index (χ1v) is 7.59. The van der Waals surface area contributed by atoms with Crippen molar-refractivity contribution >= 4 is 11.3 Å². The van der Waals surface area contributed by atoms with Gasteiger partial charge < -0.3 is 5.32 Å². The minimum atomic E-state index is 0.505. The summed E-state index contributed by atoms with van der Waals surface area (Å²) in [6.45, 7) is 3.20. The molecule has 96 valence electrons. The Kier molecular flexibility index (Phi) is 5.43. The molecule has 1 atom stereocenters. The maximum Gasteiger partial charge on any atom is 0.0417 e. The quantitative estimate of drug-likeness (QED) is 0.755. The monoisotopic (exact) mass is 259 g/mol. The van der Waals surface area contributed by atoms with Gasteiger partial charge in [0.2, 0.25) is 0 Å². The largest absolute Gasteiger partial charge is 0.305 e. The summed E-state index contributed by atoms with van der Waals surface area (Å²) in [7, 11) is 0. The Hall–Kier alpha value is -1.12. The van der Waals surface area contributed by atoms with Gasteiger partial charge in [-0.1, -0.05) is 56.2 Å². The number of nitrogens with one attached hydrogen (secondary N) is 1. The Morgan fingerprint density at radius 2 is 1.94 bits per heavy atom. The zero-order chi connectivity index (χ0) is 12.6. The van der Waals surface area contributed by atoms with Crippen LogP contribution in [-0.2, 0) is 6.54 Å². The fourth-order valence-electron chi connectivity index (χ4n) is 2.08. The maximum atomic E-state index is 3.68. The highest BCUT2D eigenvalue weighted by atomic mass is 32.1. The summed E-state index contributed by atoms with van der Waals surface area (Å²) in [5.41, 5.74) is 1.36. The molecule has 0 saturated heterocycles. The molecule has 1 nitrogen and oxygen atoms in total. The van der Waals surface area contributed by atoms with Gasteiger partial charge >= 0.3 is 0 Å². The SMILES string of the molecule is CCCCC(NCc1ccccc1)c1cccs1. The third kappa shape index (κ3) is 3.97. The molecule has 0 aliphatic rings. The number of benzene rings is 1. The van der Waals surface area contributed by atoms with Gasteiger partial charge in [0.1, 0.15) is 0 Å². The van der Waals surface area contributed by atoms with Crippen LogP contribution in [0.15, 0.2) is 47.8 Å². The molecule has 0 radical (unpaired) electrons. The Bertz CT molecular complexity index is 422. The Morgan fingerprint density at radius 1 is 1.11 bits per heavy atom. The van der Waals surface area contributed by atoms with E-state index in [0.29, 0.717) is 6.04 Å². The van der Waals surface area contributed by atoms with Gasteiger partial charge in [0, 0.05) is 17.5 Å². The third-order valence-electron chi connectivity index (χ3n) is 3.13. The Morgan fingerprint density at radius 3 is 2.61 bits per heavy atom. The van der Waals surface area contributed by atoms with Crippen LogP contribution < -0.4 is 5.32 Å². The van der Waals surface area contributed by atoms with E-state index in [0.717, 1.165) is 6.54 Å². The third-order valence-corrected chi connectivity index (χ3v) is 4.11. The van der Waals surface area contributed by atoms with Gasteiger partial charge in [0.25, 0.3) is 0 Å². The van der Waals surface area contributed by atoms with Gasteiger partial charge in [-0.25, -0.2) is 0 Å². The molecule has 0 fully saturated rings. The second-order valence-electron chi connectivity index (χ2n) is 4.58. The van der Waals surface area contributed by atoms with Crippen molar-refractivity contribution in [2.24, 2.45) is 0 Å². The number of hydrogen-bond donors (Lipinski definition) is 1. The molecule has 2 rings (SSSR count). The van der Waals surface area contributed by atoms with Gasteiger partial charge in [-0.05, 0) is 23.4 Å². The molecule has 0 amide bonds. The minimum Gasteiger partial charge on any atom is -0.305 e. The molecule has 1 aromatic heterocycles. The molecule has 1 N–H and O–H groups in total. The molecule has 18 heavy (non-hydrogen) atoms. The van der Waals surface area contributed by atoms with E-state index in [2.05, 4.69) is 60.1 Å². The average molecular weight is 259 g/mol. The molecule has 0 aliphatic heterocycles. The zero-order valence-electron chi connectivity index (χ0n) is 10.9. The van der Waals surface area contributed by atoms with Crippen LogP contribution in [0.3, 0.4) is 0 Å². The number of rotatable bonds is 7. The summed E-state index contributed by atoms with van der Waals surface area (Å²) < 4.78 is 0. The van der Waals surface area contributed by atoms with Crippen molar-refractivity contribution in [3.63, 3.8) is 0 Å². The maximum absolute atomic E-state index is 3.68. The molecule has 0 spiro atoms. The lowest BCUT2D eigenvalue weighted by Crippen LogP contribution is -2.20. The molecular formula is C16H21NS. The van der Waals surface area contributed by atoms with Gasteiger partial charge in [-0.3, -0.25) is 0 Å². The van der Waals surface area contributed by atoms with Gasteiger partial charge in [0.15, 0.2) is 0 Å². The molecule has 1 unspecified atom stereocenters. The highest BCUT2D eigenvalue weighted by Gasteiger charge is 2.11. The van der Waals surface area contributed by atoms with E-state index in [1.807, 2.05) is 11.3 Å². The summed E-state index contributed by atoms with van der Waals surface area (Å²) in [5, 5.41) is 5.85. The van der Waals surface area contributed by atoms with Crippen LogP contribution in [0.4, 0.5) is 0 Å². The average Bonchev–Trinajstić information content (AvgIpc) is 2.94. The highest BCUT2D eigenvalue weighted by molar-refractivity contribution is 7.10. The fraction of sp³-hybridized carbons (Fsp3) is 0.375. The van der Waals surface area contributed by atoms with Gasteiger partial charge in [-0.15, -0.1) is 11.3 Å². The molecule has 0 saturated carbocycles. The summed E-state index contributed by atoms with van der Waals surface area (Å²) in [5.74, 6) is 0. The summed E-state index contributed by atoms with van der Waals surface area (Å²) in [6, 6.07) is 15.5. The van der Waals surface area contributed by atoms with Crippen molar-refractivity contribution in [1.29, 1.82) is 0 Å². The normalized spacial score (nSPS) is 12.5. The second kappa shape index (κ2) is 7.34. The topological polar surface area (TPSA) is 12.0 Å². The number of hydrogen-bond acceptors (Lipinski definition) is 2. The Balaban J connectivity index is 1.93. The lowest BCUT2D eigenvalue weighted by molar-refractivity contribution is 0.487. The van der Waals surface area contributed by atoms with Crippen molar-refractivity contribution in [1.82, 2.24) is 5.32 Å². The van der Waals surface area contributed by atoms with Crippen molar-refractivity contribution in [3.05, 3.63) is 58.3 Å². The minimum absolute atomic E-state index is 0.505. The van der Waals surface area contributed by atoms with E-state index in [9.17, 15) is 0 Å². The predicted octanol–water partition coefficient (Wildman–Crippen LogP) is 4.77. The first kappa shape index (κ1) is 13.3.